The summed E-state index contributed by atoms with van der Waals surface area (Å²) >= 11 is 0. The largest absolute Gasteiger partial charge is 0.550 e. The van der Waals surface area contributed by atoms with E-state index in [9.17, 15) is 9.90 Å². The molecular weight excluding hydrogens is 550 g/mol. The molecule has 2 unspecified atom stereocenters. The molecule has 272 valence electrons. The van der Waals surface area contributed by atoms with E-state index in [1.54, 1.807) is 0 Å². The lowest BCUT2D eigenvalue weighted by Crippen LogP contribution is -2.84. The van der Waals surface area contributed by atoms with Crippen molar-refractivity contribution in [3.05, 3.63) is 0 Å². The van der Waals surface area contributed by atoms with Crippen LogP contribution in [0.1, 0.15) is 235 Å². The van der Waals surface area contributed by atoms with Crippen molar-refractivity contribution in [2.75, 3.05) is 13.1 Å². The molecule has 3 heteroatoms. The van der Waals surface area contributed by atoms with Crippen LogP contribution in [0, 0.1) is 17.3 Å². The van der Waals surface area contributed by atoms with Gasteiger partial charge >= 0.3 is 0 Å². The molecule has 0 rings (SSSR count). The first-order valence-electron chi connectivity index (χ1n) is 20.9. The molecule has 0 saturated carbocycles. The average molecular weight is 638 g/mol. The maximum Gasteiger partial charge on any atom is 0.0755 e. The first-order valence-corrected chi connectivity index (χ1v) is 20.9. The van der Waals surface area contributed by atoms with Gasteiger partial charge in [0.05, 0.1) is 13.1 Å². The number of carbonyl (C=O) groups is 1. The molecule has 0 aliphatic heterocycles. The fourth-order valence-corrected chi connectivity index (χ4v) is 7.07. The smallest absolute Gasteiger partial charge is 0.0755 e. The molecule has 0 saturated heterocycles. The van der Waals surface area contributed by atoms with Crippen LogP contribution in [0.5, 0.6) is 0 Å². The minimum Gasteiger partial charge on any atom is -0.550 e. The van der Waals surface area contributed by atoms with Gasteiger partial charge in [-0.05, 0) is 56.8 Å². The lowest BCUT2D eigenvalue weighted by atomic mass is 9.67. The summed E-state index contributed by atoms with van der Waals surface area (Å²) in [6.07, 6.45) is 36.3. The zero-order chi connectivity index (χ0) is 33.9. The van der Waals surface area contributed by atoms with E-state index in [4.69, 9.17) is 0 Å². The Morgan fingerprint density at radius 2 is 0.822 bits per heavy atom. The van der Waals surface area contributed by atoms with Gasteiger partial charge in [-0.15, -0.1) is 0 Å². The predicted octanol–water partition coefficient (Wildman–Crippen LogP) is 12.0. The lowest BCUT2D eigenvalue weighted by molar-refractivity contribution is -0.655. The van der Waals surface area contributed by atoms with Crippen LogP contribution >= 0.6 is 0 Å². The van der Waals surface area contributed by atoms with E-state index in [-0.39, 0.29) is 0 Å². The first-order chi connectivity index (χ1) is 21.9. The van der Waals surface area contributed by atoms with E-state index >= 15 is 0 Å². The molecule has 0 spiro atoms. The van der Waals surface area contributed by atoms with Gasteiger partial charge in [0.2, 0.25) is 0 Å². The number of carboxylic acid groups (broad SMARTS) is 1. The van der Waals surface area contributed by atoms with E-state index in [0.717, 1.165) is 38.5 Å². The summed E-state index contributed by atoms with van der Waals surface area (Å²) in [7, 11) is 0. The molecule has 45 heavy (non-hydrogen) atoms. The van der Waals surface area contributed by atoms with Gasteiger partial charge in [0.15, 0.2) is 0 Å². The molecule has 2 atom stereocenters. The lowest BCUT2D eigenvalue weighted by Gasteiger charge is -2.40. The zero-order valence-electron chi connectivity index (χ0n) is 32.5. The molecule has 0 aliphatic rings. The second-order valence-corrected chi connectivity index (χ2v) is 14.7. The highest BCUT2D eigenvalue weighted by molar-refractivity contribution is 5.72. The fourth-order valence-electron chi connectivity index (χ4n) is 7.07. The number of aliphatic carboxylic acids is 1. The first kappa shape index (κ1) is 46.5. The number of unbranched alkanes of at least 4 members (excludes halogenated alkanes) is 17. The third-order valence-electron chi connectivity index (χ3n) is 10.4. The van der Waals surface area contributed by atoms with Crippen molar-refractivity contribution in [2.45, 2.75) is 235 Å². The summed E-state index contributed by atoms with van der Waals surface area (Å²) in [5.41, 5.74) is -0.604. The topological polar surface area (TPSA) is 56.7 Å². The zero-order valence-corrected chi connectivity index (χ0v) is 32.5. The Labute approximate surface area is 285 Å². The quantitative estimate of drug-likeness (QED) is 0.0714. The Balaban J connectivity index is 0. The molecule has 0 heterocycles. The Morgan fingerprint density at radius 1 is 0.489 bits per heavy atom. The summed E-state index contributed by atoms with van der Waals surface area (Å²) in [5, 5.41) is 15.1. The third kappa shape index (κ3) is 29.3. The van der Waals surface area contributed by atoms with Gasteiger partial charge in [0.1, 0.15) is 0 Å². The normalized spacial score (nSPS) is 14.0. The highest BCUT2D eigenvalue weighted by Crippen LogP contribution is 2.42. The fraction of sp³-hybridized carbons (Fsp3) is 0.976. The third-order valence-corrected chi connectivity index (χ3v) is 10.4. The van der Waals surface area contributed by atoms with Gasteiger partial charge in [-0.2, -0.15) is 0 Å². The highest BCUT2D eigenvalue weighted by atomic mass is 16.4. The van der Waals surface area contributed by atoms with Gasteiger partial charge in [-0.25, -0.2) is 0 Å². The maximum absolute atomic E-state index is 12.5. The van der Waals surface area contributed by atoms with E-state index in [0.29, 0.717) is 11.8 Å². The van der Waals surface area contributed by atoms with Crippen molar-refractivity contribution < 1.29 is 15.2 Å². The molecule has 0 radical (unpaired) electrons. The van der Waals surface area contributed by atoms with Gasteiger partial charge in [0.25, 0.3) is 0 Å². The van der Waals surface area contributed by atoms with Gasteiger partial charge in [0, 0.05) is 11.4 Å². The van der Waals surface area contributed by atoms with E-state index in [1.165, 1.54) is 161 Å². The SMILES string of the molecule is CCCCCCCCC(CC(CC)CCCC)(CC(CC)CCCC)C(=O)[O-].CCCCCCCC[NH2+]CCCCCCCC. The number of hydrogen-bond donors (Lipinski definition) is 1. The van der Waals surface area contributed by atoms with Crippen molar-refractivity contribution in [3.8, 4) is 0 Å². The molecule has 0 aromatic rings. The van der Waals surface area contributed by atoms with Gasteiger partial charge < -0.3 is 15.2 Å². The van der Waals surface area contributed by atoms with E-state index < -0.39 is 11.4 Å². The minimum absolute atomic E-state index is 0.529. The molecule has 0 fully saturated rings. The van der Waals surface area contributed by atoms with Crippen LogP contribution in [-0.2, 0) is 4.79 Å². The molecule has 2 N–H and O–H groups in total. The molecule has 3 nitrogen and oxygen atoms in total. The average Bonchev–Trinajstić information content (AvgIpc) is 3.05. The number of quaternary nitrogens is 1. The predicted molar refractivity (Wildman–Crippen MR) is 200 cm³/mol. The van der Waals surface area contributed by atoms with Crippen molar-refractivity contribution in [1.82, 2.24) is 0 Å². The van der Waals surface area contributed by atoms with Crippen LogP contribution < -0.4 is 10.4 Å². The Morgan fingerprint density at radius 3 is 1.16 bits per heavy atom. The second kappa shape index (κ2) is 36.3. The molecule has 0 amide bonds. The van der Waals surface area contributed by atoms with Crippen LogP contribution in [0.4, 0.5) is 0 Å². The molecule has 0 bridgehead atoms. The van der Waals surface area contributed by atoms with Crippen LogP contribution in [0.3, 0.4) is 0 Å². The van der Waals surface area contributed by atoms with Crippen LogP contribution in [0.25, 0.3) is 0 Å². The van der Waals surface area contributed by atoms with Crippen molar-refractivity contribution in [1.29, 1.82) is 0 Å². The highest BCUT2D eigenvalue weighted by Gasteiger charge is 2.35. The molecule has 0 aromatic carbocycles. The number of carboxylic acids is 1. The van der Waals surface area contributed by atoms with E-state index in [2.05, 4.69) is 53.8 Å². The molecule has 0 aromatic heterocycles. The summed E-state index contributed by atoms with van der Waals surface area (Å²) in [6, 6.07) is 0. The van der Waals surface area contributed by atoms with Gasteiger partial charge in [-0.1, -0.05) is 190 Å². The Hall–Kier alpha value is -0.570. The number of rotatable bonds is 34. The van der Waals surface area contributed by atoms with Crippen LogP contribution in [0.2, 0.25) is 0 Å². The Kier molecular flexibility index (Phi) is 37.5. The van der Waals surface area contributed by atoms with Crippen molar-refractivity contribution >= 4 is 5.97 Å². The monoisotopic (exact) mass is 638 g/mol. The maximum atomic E-state index is 12.5. The number of hydrogen-bond acceptors (Lipinski definition) is 2. The standard InChI is InChI=1S/C26H52O2.C16H35N/c1-6-11-14-15-16-17-20-26(25(27)28,21-23(9-4)18-12-7-2)22-24(10-5)19-13-8-3;1-3-5-7-9-11-13-15-17-16-14-12-10-8-6-4-2/h23-24H,6-22H2,1-5H3,(H,27,28);17H,3-16H2,1-2H3. The summed E-state index contributed by atoms with van der Waals surface area (Å²) in [6.45, 7) is 18.5. The summed E-state index contributed by atoms with van der Waals surface area (Å²) in [5.74, 6) is 0.300. The number of nitrogens with two attached hydrogens (primary N) is 1. The van der Waals surface area contributed by atoms with Gasteiger partial charge in [-0.3, -0.25) is 0 Å². The van der Waals surface area contributed by atoms with Crippen molar-refractivity contribution in [3.63, 3.8) is 0 Å². The Bertz CT molecular complexity index is 545. The van der Waals surface area contributed by atoms with E-state index in [1.807, 2.05) is 0 Å². The van der Waals surface area contributed by atoms with Crippen LogP contribution in [-0.4, -0.2) is 19.1 Å². The molecule has 0 aliphatic carbocycles. The number of carbonyl (C=O) groups excluding carboxylic acids is 1. The van der Waals surface area contributed by atoms with Crippen LogP contribution in [0.15, 0.2) is 0 Å². The van der Waals surface area contributed by atoms with Crippen molar-refractivity contribution in [2.24, 2.45) is 17.3 Å². The summed E-state index contributed by atoms with van der Waals surface area (Å²) in [4.78, 5) is 12.5. The molecular formula is C42H87NO2. The summed E-state index contributed by atoms with van der Waals surface area (Å²) < 4.78 is 0. The second-order valence-electron chi connectivity index (χ2n) is 14.7. The minimum atomic E-state index is -0.758.